The van der Waals surface area contributed by atoms with Crippen LogP contribution in [0.3, 0.4) is 0 Å². The van der Waals surface area contributed by atoms with E-state index in [0.29, 0.717) is 16.3 Å². The van der Waals surface area contributed by atoms with E-state index >= 15 is 0 Å². The number of hydrogen-bond acceptors (Lipinski definition) is 4. The summed E-state index contributed by atoms with van der Waals surface area (Å²) < 4.78 is 2.16. The molecule has 104 valence electrons. The number of rotatable bonds is 2. The number of nitrogens with zero attached hydrogens (tertiary/aromatic N) is 3. The SMILES string of the molecule is CC(C)n1ncc(N2C[C@H]3CNC[C@H]3C2)c(Br)c1=O. The van der Waals surface area contributed by atoms with Crippen LogP contribution in [0.1, 0.15) is 19.9 Å². The standard InChI is InChI=1S/C13H19BrN4O/c1-8(2)18-13(19)12(14)11(5-16-18)17-6-9-3-15-4-10(9)7-17/h5,8-10,15H,3-4,6-7H2,1-2H3/t9-,10+. The van der Waals surface area contributed by atoms with Gasteiger partial charge in [0, 0.05) is 26.2 Å². The molecule has 19 heavy (non-hydrogen) atoms. The topological polar surface area (TPSA) is 50.2 Å². The van der Waals surface area contributed by atoms with Gasteiger partial charge < -0.3 is 10.2 Å². The minimum atomic E-state index is -0.0392. The van der Waals surface area contributed by atoms with E-state index in [-0.39, 0.29) is 11.6 Å². The minimum absolute atomic E-state index is 0.0392. The van der Waals surface area contributed by atoms with E-state index in [0.717, 1.165) is 31.9 Å². The third-order valence-corrected chi connectivity index (χ3v) is 4.89. The lowest BCUT2D eigenvalue weighted by atomic mass is 10.0. The summed E-state index contributed by atoms with van der Waals surface area (Å²) in [6.45, 7) is 8.15. The molecule has 1 N–H and O–H groups in total. The molecule has 0 radical (unpaired) electrons. The number of hydrogen-bond donors (Lipinski definition) is 1. The lowest BCUT2D eigenvalue weighted by molar-refractivity contribution is 0.500. The third-order valence-electron chi connectivity index (χ3n) is 4.14. The van der Waals surface area contributed by atoms with Gasteiger partial charge >= 0.3 is 0 Å². The van der Waals surface area contributed by atoms with Gasteiger partial charge in [-0.3, -0.25) is 4.79 Å². The zero-order valence-electron chi connectivity index (χ0n) is 11.3. The summed E-state index contributed by atoms with van der Waals surface area (Å²) in [6, 6.07) is 0.0833. The van der Waals surface area contributed by atoms with Crippen LogP contribution in [0.5, 0.6) is 0 Å². The van der Waals surface area contributed by atoms with Crippen molar-refractivity contribution in [3.63, 3.8) is 0 Å². The molecule has 3 rings (SSSR count). The van der Waals surface area contributed by atoms with Crippen molar-refractivity contribution < 1.29 is 0 Å². The molecule has 2 aliphatic heterocycles. The molecule has 6 heteroatoms. The number of anilines is 1. The van der Waals surface area contributed by atoms with Gasteiger partial charge in [0.25, 0.3) is 5.56 Å². The van der Waals surface area contributed by atoms with Crippen molar-refractivity contribution in [1.82, 2.24) is 15.1 Å². The Morgan fingerprint density at radius 2 is 2.00 bits per heavy atom. The lowest BCUT2D eigenvalue weighted by Gasteiger charge is -2.21. The summed E-state index contributed by atoms with van der Waals surface area (Å²) in [4.78, 5) is 14.5. The Morgan fingerprint density at radius 1 is 1.37 bits per heavy atom. The van der Waals surface area contributed by atoms with Crippen molar-refractivity contribution in [3.8, 4) is 0 Å². The van der Waals surface area contributed by atoms with Crippen LogP contribution < -0.4 is 15.8 Å². The molecule has 1 aromatic heterocycles. The Kier molecular flexibility index (Phi) is 3.39. The van der Waals surface area contributed by atoms with Gasteiger partial charge in [-0.25, -0.2) is 4.68 Å². The first-order valence-corrected chi connectivity index (χ1v) is 7.60. The van der Waals surface area contributed by atoms with Gasteiger partial charge in [-0.15, -0.1) is 0 Å². The highest BCUT2D eigenvalue weighted by Gasteiger charge is 2.37. The highest BCUT2D eigenvalue weighted by molar-refractivity contribution is 9.10. The predicted molar refractivity (Wildman–Crippen MR) is 78.6 cm³/mol. The van der Waals surface area contributed by atoms with Gasteiger partial charge in [0.15, 0.2) is 0 Å². The number of nitrogens with one attached hydrogen (secondary N) is 1. The molecule has 0 amide bonds. The van der Waals surface area contributed by atoms with Crippen LogP contribution in [-0.4, -0.2) is 36.0 Å². The Labute approximate surface area is 121 Å². The van der Waals surface area contributed by atoms with E-state index in [1.165, 1.54) is 4.68 Å². The third kappa shape index (κ3) is 2.21. The molecule has 2 saturated heterocycles. The fourth-order valence-electron chi connectivity index (χ4n) is 3.08. The highest BCUT2D eigenvalue weighted by atomic mass is 79.9. The van der Waals surface area contributed by atoms with Gasteiger partial charge in [-0.1, -0.05) is 0 Å². The Morgan fingerprint density at radius 3 is 2.58 bits per heavy atom. The summed E-state index contributed by atoms with van der Waals surface area (Å²) in [5, 5.41) is 7.72. The molecule has 0 saturated carbocycles. The Bertz CT molecular complexity index is 530. The summed E-state index contributed by atoms with van der Waals surface area (Å²) in [7, 11) is 0. The number of fused-ring (bicyclic) bond motifs is 1. The first kappa shape index (κ1) is 13.1. The molecule has 0 unspecified atom stereocenters. The second-order valence-corrected chi connectivity index (χ2v) is 6.56. The Hall–Kier alpha value is -0.880. The zero-order chi connectivity index (χ0) is 13.6. The quantitative estimate of drug-likeness (QED) is 0.888. The molecular formula is C13H19BrN4O. The first-order valence-electron chi connectivity index (χ1n) is 6.81. The van der Waals surface area contributed by atoms with Gasteiger partial charge in [0.1, 0.15) is 4.47 Å². The predicted octanol–water partition coefficient (Wildman–Crippen LogP) is 1.24. The zero-order valence-corrected chi connectivity index (χ0v) is 12.9. The van der Waals surface area contributed by atoms with E-state index in [2.05, 4.69) is 31.2 Å². The molecule has 0 spiro atoms. The number of aromatic nitrogens is 2. The normalized spacial score (nSPS) is 26.2. The van der Waals surface area contributed by atoms with Gasteiger partial charge in [-0.05, 0) is 41.6 Å². The first-order chi connectivity index (χ1) is 9.08. The van der Waals surface area contributed by atoms with Crippen LogP contribution in [0.2, 0.25) is 0 Å². The molecule has 0 aliphatic carbocycles. The second-order valence-electron chi connectivity index (χ2n) is 5.77. The summed E-state index contributed by atoms with van der Waals surface area (Å²) in [6.07, 6.45) is 1.82. The second kappa shape index (κ2) is 4.90. The van der Waals surface area contributed by atoms with E-state index in [9.17, 15) is 4.79 Å². The fourth-order valence-corrected chi connectivity index (χ4v) is 3.61. The van der Waals surface area contributed by atoms with Crippen LogP contribution >= 0.6 is 15.9 Å². The lowest BCUT2D eigenvalue weighted by Crippen LogP contribution is -2.31. The van der Waals surface area contributed by atoms with Crippen LogP contribution in [0, 0.1) is 11.8 Å². The monoisotopic (exact) mass is 326 g/mol. The molecule has 2 atom stereocenters. The van der Waals surface area contributed by atoms with Gasteiger partial charge in [0.05, 0.1) is 17.9 Å². The van der Waals surface area contributed by atoms with E-state index < -0.39 is 0 Å². The summed E-state index contributed by atoms with van der Waals surface area (Å²) in [5.74, 6) is 1.42. The highest BCUT2D eigenvalue weighted by Crippen LogP contribution is 2.32. The molecule has 2 fully saturated rings. The van der Waals surface area contributed by atoms with Crippen LogP contribution in [0.4, 0.5) is 5.69 Å². The van der Waals surface area contributed by atoms with Crippen molar-refractivity contribution in [2.45, 2.75) is 19.9 Å². The van der Waals surface area contributed by atoms with Crippen molar-refractivity contribution in [3.05, 3.63) is 21.0 Å². The van der Waals surface area contributed by atoms with Crippen molar-refractivity contribution in [2.75, 3.05) is 31.1 Å². The maximum Gasteiger partial charge on any atom is 0.283 e. The molecule has 0 aromatic carbocycles. The largest absolute Gasteiger partial charge is 0.368 e. The minimum Gasteiger partial charge on any atom is -0.368 e. The Balaban J connectivity index is 1.90. The average Bonchev–Trinajstić information content (AvgIpc) is 2.92. The van der Waals surface area contributed by atoms with Crippen LogP contribution in [0.25, 0.3) is 0 Å². The molecule has 1 aromatic rings. The van der Waals surface area contributed by atoms with E-state index in [1.807, 2.05) is 20.0 Å². The number of halogens is 1. The molecule has 5 nitrogen and oxygen atoms in total. The smallest absolute Gasteiger partial charge is 0.283 e. The molecular weight excluding hydrogens is 308 g/mol. The average molecular weight is 327 g/mol. The van der Waals surface area contributed by atoms with E-state index in [4.69, 9.17) is 0 Å². The van der Waals surface area contributed by atoms with Crippen molar-refractivity contribution >= 4 is 21.6 Å². The summed E-state index contributed by atoms with van der Waals surface area (Å²) >= 11 is 3.46. The summed E-state index contributed by atoms with van der Waals surface area (Å²) in [5.41, 5.74) is 0.902. The molecule has 3 heterocycles. The molecule has 2 aliphatic rings. The fraction of sp³-hybridized carbons (Fsp3) is 0.692. The maximum atomic E-state index is 12.2. The van der Waals surface area contributed by atoms with Gasteiger partial charge in [-0.2, -0.15) is 5.10 Å². The van der Waals surface area contributed by atoms with E-state index in [1.54, 1.807) is 0 Å². The van der Waals surface area contributed by atoms with Crippen LogP contribution in [0.15, 0.2) is 15.5 Å². The molecule has 0 bridgehead atoms. The van der Waals surface area contributed by atoms with Crippen molar-refractivity contribution in [1.29, 1.82) is 0 Å². The van der Waals surface area contributed by atoms with Crippen molar-refractivity contribution in [2.24, 2.45) is 11.8 Å². The van der Waals surface area contributed by atoms with Gasteiger partial charge in [0.2, 0.25) is 0 Å². The maximum absolute atomic E-state index is 12.2. The van der Waals surface area contributed by atoms with Crippen LogP contribution in [-0.2, 0) is 0 Å².